The molecule has 0 saturated carbocycles. The summed E-state index contributed by atoms with van der Waals surface area (Å²) in [7, 11) is 0. The number of amides is 1. The second-order valence-electron chi connectivity index (χ2n) is 6.28. The lowest BCUT2D eigenvalue weighted by Gasteiger charge is -2.11. The van der Waals surface area contributed by atoms with E-state index in [-0.39, 0.29) is 12.5 Å². The maximum Gasteiger partial charge on any atom is 0.220 e. The number of para-hydroxylation sites is 1. The normalized spacial score (nSPS) is 11.9. The summed E-state index contributed by atoms with van der Waals surface area (Å²) in [6, 6.07) is 19.6. The van der Waals surface area contributed by atoms with E-state index >= 15 is 0 Å². The van der Waals surface area contributed by atoms with E-state index in [1.165, 1.54) is 0 Å². The standard InChI is InChI=1S/C21H23N3O2/c25-20(13-17-7-3-1-4-8-17)15-22-21(26)12-11-18-14-23-24(16-18)19-9-5-2-6-10-19/h1-10,14,16,20,25H,11-13,15H2,(H,22,26). The highest BCUT2D eigenvalue weighted by Crippen LogP contribution is 2.09. The monoisotopic (exact) mass is 349 g/mol. The van der Waals surface area contributed by atoms with Crippen molar-refractivity contribution in [2.75, 3.05) is 6.54 Å². The number of benzene rings is 2. The fourth-order valence-corrected chi connectivity index (χ4v) is 2.75. The van der Waals surface area contributed by atoms with Gasteiger partial charge in [-0.25, -0.2) is 4.68 Å². The summed E-state index contributed by atoms with van der Waals surface area (Å²) in [6.45, 7) is 0.261. The second-order valence-corrected chi connectivity index (χ2v) is 6.28. The van der Waals surface area contributed by atoms with Crippen molar-refractivity contribution in [3.8, 4) is 5.69 Å². The number of carbonyl (C=O) groups excluding carboxylic acids is 1. The van der Waals surface area contributed by atoms with E-state index in [1.807, 2.05) is 66.9 Å². The molecule has 0 aliphatic heterocycles. The molecule has 0 aliphatic rings. The Balaban J connectivity index is 1.41. The van der Waals surface area contributed by atoms with Crippen LogP contribution in [-0.2, 0) is 17.6 Å². The van der Waals surface area contributed by atoms with Gasteiger partial charge in [0.15, 0.2) is 0 Å². The van der Waals surface area contributed by atoms with Crippen molar-refractivity contribution in [3.63, 3.8) is 0 Å². The lowest BCUT2D eigenvalue weighted by atomic mass is 10.1. The first-order valence-electron chi connectivity index (χ1n) is 8.78. The Morgan fingerprint density at radius 2 is 1.73 bits per heavy atom. The largest absolute Gasteiger partial charge is 0.391 e. The minimum absolute atomic E-state index is 0.0652. The number of nitrogens with one attached hydrogen (secondary N) is 1. The van der Waals surface area contributed by atoms with E-state index in [0.717, 1.165) is 16.8 Å². The topological polar surface area (TPSA) is 67.2 Å². The first-order valence-corrected chi connectivity index (χ1v) is 8.78. The predicted octanol–water partition coefficient (Wildman–Crippen LogP) is 2.52. The van der Waals surface area contributed by atoms with Gasteiger partial charge >= 0.3 is 0 Å². The van der Waals surface area contributed by atoms with Crippen molar-refractivity contribution >= 4 is 5.91 Å². The Bertz CT molecular complexity index is 816. The number of carbonyl (C=O) groups is 1. The fraction of sp³-hybridized carbons (Fsp3) is 0.238. The Kier molecular flexibility index (Phi) is 6.17. The van der Waals surface area contributed by atoms with Crippen LogP contribution >= 0.6 is 0 Å². The molecular weight excluding hydrogens is 326 g/mol. The summed E-state index contributed by atoms with van der Waals surface area (Å²) >= 11 is 0. The molecule has 0 fully saturated rings. The van der Waals surface area contributed by atoms with Crippen LogP contribution < -0.4 is 5.32 Å². The van der Waals surface area contributed by atoms with Crippen LogP contribution in [0.1, 0.15) is 17.5 Å². The van der Waals surface area contributed by atoms with Gasteiger partial charge in [0.2, 0.25) is 5.91 Å². The molecule has 134 valence electrons. The van der Waals surface area contributed by atoms with Crippen molar-refractivity contribution in [2.24, 2.45) is 0 Å². The van der Waals surface area contributed by atoms with Crippen molar-refractivity contribution < 1.29 is 9.90 Å². The summed E-state index contributed by atoms with van der Waals surface area (Å²) < 4.78 is 1.80. The van der Waals surface area contributed by atoms with Gasteiger partial charge in [0.25, 0.3) is 0 Å². The van der Waals surface area contributed by atoms with Crippen LogP contribution in [0.15, 0.2) is 73.1 Å². The lowest BCUT2D eigenvalue weighted by molar-refractivity contribution is -0.121. The van der Waals surface area contributed by atoms with Crippen LogP contribution in [0.3, 0.4) is 0 Å². The van der Waals surface area contributed by atoms with Gasteiger partial charge in [-0.1, -0.05) is 48.5 Å². The number of aryl methyl sites for hydroxylation is 1. The smallest absolute Gasteiger partial charge is 0.220 e. The van der Waals surface area contributed by atoms with Crippen molar-refractivity contribution in [1.82, 2.24) is 15.1 Å². The Labute approximate surface area is 153 Å². The molecule has 5 nitrogen and oxygen atoms in total. The minimum atomic E-state index is -0.581. The number of aromatic nitrogens is 2. The number of aliphatic hydroxyl groups is 1. The number of hydrogen-bond acceptors (Lipinski definition) is 3. The van der Waals surface area contributed by atoms with E-state index in [9.17, 15) is 9.90 Å². The van der Waals surface area contributed by atoms with Crippen LogP contribution in [-0.4, -0.2) is 33.4 Å². The number of rotatable bonds is 8. The summed E-state index contributed by atoms with van der Waals surface area (Å²) in [5, 5.41) is 17.2. The third-order valence-corrected chi connectivity index (χ3v) is 4.15. The quantitative estimate of drug-likeness (QED) is 0.657. The molecule has 2 aromatic carbocycles. The van der Waals surface area contributed by atoms with Gasteiger partial charge in [-0.05, 0) is 29.7 Å². The highest BCUT2D eigenvalue weighted by molar-refractivity contribution is 5.76. The van der Waals surface area contributed by atoms with Crippen molar-refractivity contribution in [2.45, 2.75) is 25.4 Å². The van der Waals surface area contributed by atoms with E-state index < -0.39 is 6.10 Å². The Hall–Kier alpha value is -2.92. The average molecular weight is 349 g/mol. The highest BCUT2D eigenvalue weighted by Gasteiger charge is 2.09. The molecule has 5 heteroatoms. The molecule has 3 aromatic rings. The summed E-state index contributed by atoms with van der Waals surface area (Å²) in [5.74, 6) is -0.0652. The van der Waals surface area contributed by atoms with E-state index in [1.54, 1.807) is 10.9 Å². The highest BCUT2D eigenvalue weighted by atomic mass is 16.3. The van der Waals surface area contributed by atoms with Crippen LogP contribution in [0.25, 0.3) is 5.69 Å². The maximum absolute atomic E-state index is 12.0. The minimum Gasteiger partial charge on any atom is -0.391 e. The SMILES string of the molecule is O=C(CCc1cnn(-c2ccccc2)c1)NCC(O)Cc1ccccc1. The van der Waals surface area contributed by atoms with Crippen molar-refractivity contribution in [3.05, 3.63) is 84.2 Å². The zero-order chi connectivity index (χ0) is 18.2. The molecule has 0 bridgehead atoms. The Morgan fingerprint density at radius 1 is 1.04 bits per heavy atom. The average Bonchev–Trinajstić information content (AvgIpc) is 3.15. The molecule has 1 atom stereocenters. The summed E-state index contributed by atoms with van der Waals surface area (Å²) in [6.07, 6.45) is 4.66. The van der Waals surface area contributed by atoms with Gasteiger partial charge in [0.1, 0.15) is 0 Å². The lowest BCUT2D eigenvalue weighted by Crippen LogP contribution is -2.33. The molecule has 0 saturated heterocycles. The first kappa shape index (κ1) is 17.9. The van der Waals surface area contributed by atoms with Gasteiger partial charge in [0, 0.05) is 25.6 Å². The first-order chi connectivity index (χ1) is 12.7. The number of nitrogens with zero attached hydrogens (tertiary/aromatic N) is 2. The molecule has 0 spiro atoms. The van der Waals surface area contributed by atoms with Crippen LogP contribution in [0.4, 0.5) is 0 Å². The molecule has 1 amide bonds. The molecule has 2 N–H and O–H groups in total. The van der Waals surface area contributed by atoms with Gasteiger partial charge < -0.3 is 10.4 Å². The van der Waals surface area contributed by atoms with Gasteiger partial charge in [-0.15, -0.1) is 0 Å². The molecule has 1 heterocycles. The van der Waals surface area contributed by atoms with Crippen LogP contribution in [0, 0.1) is 0 Å². The zero-order valence-electron chi connectivity index (χ0n) is 14.6. The molecule has 26 heavy (non-hydrogen) atoms. The molecule has 3 rings (SSSR count). The summed E-state index contributed by atoms with van der Waals surface area (Å²) in [5.41, 5.74) is 3.06. The van der Waals surface area contributed by atoms with Crippen LogP contribution in [0.5, 0.6) is 0 Å². The fourth-order valence-electron chi connectivity index (χ4n) is 2.75. The number of hydrogen-bond donors (Lipinski definition) is 2. The molecule has 0 aliphatic carbocycles. The van der Waals surface area contributed by atoms with Gasteiger partial charge in [0.05, 0.1) is 18.0 Å². The number of aliphatic hydroxyl groups excluding tert-OH is 1. The Morgan fingerprint density at radius 3 is 2.46 bits per heavy atom. The molecular formula is C21H23N3O2. The molecule has 1 aromatic heterocycles. The zero-order valence-corrected chi connectivity index (χ0v) is 14.6. The maximum atomic E-state index is 12.0. The van der Waals surface area contributed by atoms with E-state index in [4.69, 9.17) is 0 Å². The van der Waals surface area contributed by atoms with Gasteiger partial charge in [-0.3, -0.25) is 4.79 Å². The molecule has 1 unspecified atom stereocenters. The van der Waals surface area contributed by atoms with Gasteiger partial charge in [-0.2, -0.15) is 5.10 Å². The summed E-state index contributed by atoms with van der Waals surface area (Å²) in [4.78, 5) is 12.0. The predicted molar refractivity (Wildman–Crippen MR) is 101 cm³/mol. The molecule has 0 radical (unpaired) electrons. The van der Waals surface area contributed by atoms with E-state index in [0.29, 0.717) is 19.3 Å². The second kappa shape index (κ2) is 8.97. The van der Waals surface area contributed by atoms with E-state index in [2.05, 4.69) is 10.4 Å². The van der Waals surface area contributed by atoms with Crippen molar-refractivity contribution in [1.29, 1.82) is 0 Å². The third-order valence-electron chi connectivity index (χ3n) is 4.15. The van der Waals surface area contributed by atoms with Crippen LogP contribution in [0.2, 0.25) is 0 Å². The third kappa shape index (κ3) is 5.29.